The normalized spacial score (nSPS) is 10.7. The highest BCUT2D eigenvalue weighted by molar-refractivity contribution is 6.35. The Morgan fingerprint density at radius 2 is 1.90 bits per heavy atom. The van der Waals surface area contributed by atoms with Crippen molar-refractivity contribution in [1.82, 2.24) is 14.8 Å². The number of nitrogen functional groups attached to an aromatic ring is 1. The number of hydrogen-bond donors (Lipinski definition) is 1. The van der Waals surface area contributed by atoms with Gasteiger partial charge in [0.25, 0.3) is 0 Å². The third kappa shape index (κ3) is 2.48. The molecule has 0 aliphatic carbocycles. The number of nitrogens with zero attached hydrogens (tertiary/aromatic N) is 3. The lowest BCUT2D eigenvalue weighted by atomic mass is 10.1. The first-order valence-corrected chi connectivity index (χ1v) is 6.61. The summed E-state index contributed by atoms with van der Waals surface area (Å²) < 4.78 is 1.61. The van der Waals surface area contributed by atoms with Crippen LogP contribution in [0.2, 0.25) is 10.0 Å². The van der Waals surface area contributed by atoms with Crippen LogP contribution in [-0.2, 0) is 0 Å². The van der Waals surface area contributed by atoms with Crippen molar-refractivity contribution in [1.29, 1.82) is 0 Å². The molecule has 0 bridgehead atoms. The van der Waals surface area contributed by atoms with Gasteiger partial charge >= 0.3 is 0 Å². The van der Waals surface area contributed by atoms with E-state index in [1.807, 2.05) is 30.5 Å². The van der Waals surface area contributed by atoms with E-state index >= 15 is 0 Å². The Hall–Kier alpha value is -2.04. The summed E-state index contributed by atoms with van der Waals surface area (Å²) in [7, 11) is 0. The Bertz CT molecular complexity index is 767. The molecule has 0 saturated carbocycles. The maximum Gasteiger partial charge on any atom is 0.172 e. The lowest BCUT2D eigenvalue weighted by molar-refractivity contribution is 0.847. The van der Waals surface area contributed by atoms with Gasteiger partial charge in [-0.15, -0.1) is 0 Å². The number of anilines is 1. The Kier molecular flexibility index (Phi) is 3.34. The van der Waals surface area contributed by atoms with Gasteiger partial charge in [-0.3, -0.25) is 0 Å². The molecule has 20 heavy (non-hydrogen) atoms. The average Bonchev–Trinajstić information content (AvgIpc) is 2.88. The van der Waals surface area contributed by atoms with E-state index in [9.17, 15) is 0 Å². The molecule has 0 spiro atoms. The molecule has 0 saturated heterocycles. The molecular formula is C14H10Cl2N4. The number of halogens is 2. The topological polar surface area (TPSA) is 56.7 Å². The van der Waals surface area contributed by atoms with Crippen molar-refractivity contribution in [2.45, 2.75) is 0 Å². The fourth-order valence-corrected chi connectivity index (χ4v) is 2.35. The largest absolute Gasteiger partial charge is 0.399 e. The molecule has 0 atom stereocenters. The summed E-state index contributed by atoms with van der Waals surface area (Å²) >= 11 is 11.9. The third-order valence-corrected chi connectivity index (χ3v) is 3.29. The Balaban J connectivity index is 2.02. The second kappa shape index (κ2) is 5.15. The zero-order valence-electron chi connectivity index (χ0n) is 10.3. The van der Waals surface area contributed by atoms with Crippen LogP contribution in [0.4, 0.5) is 5.69 Å². The highest BCUT2D eigenvalue weighted by Gasteiger charge is 2.08. The number of rotatable bonds is 2. The van der Waals surface area contributed by atoms with E-state index in [0.29, 0.717) is 21.6 Å². The first-order valence-electron chi connectivity index (χ1n) is 5.85. The monoisotopic (exact) mass is 304 g/mol. The molecule has 2 heterocycles. The van der Waals surface area contributed by atoms with Gasteiger partial charge in [0.05, 0.1) is 16.2 Å². The molecule has 0 fully saturated rings. The van der Waals surface area contributed by atoms with E-state index in [1.165, 1.54) is 6.20 Å². The number of aromatic nitrogens is 3. The van der Waals surface area contributed by atoms with E-state index < -0.39 is 0 Å². The second-order valence-corrected chi connectivity index (χ2v) is 5.10. The molecule has 3 aromatic rings. The second-order valence-electron chi connectivity index (χ2n) is 4.26. The zero-order valence-corrected chi connectivity index (χ0v) is 11.8. The van der Waals surface area contributed by atoms with Crippen molar-refractivity contribution in [3.05, 3.63) is 59.0 Å². The number of benzene rings is 1. The van der Waals surface area contributed by atoms with Crippen molar-refractivity contribution in [3.63, 3.8) is 0 Å². The summed E-state index contributed by atoms with van der Waals surface area (Å²) in [6.07, 6.45) is 5.11. The minimum atomic E-state index is 0.444. The zero-order chi connectivity index (χ0) is 14.1. The van der Waals surface area contributed by atoms with E-state index in [2.05, 4.69) is 10.1 Å². The Morgan fingerprint density at radius 3 is 2.65 bits per heavy atom. The van der Waals surface area contributed by atoms with Gasteiger partial charge in [0.1, 0.15) is 0 Å². The van der Waals surface area contributed by atoms with Crippen LogP contribution in [0.3, 0.4) is 0 Å². The van der Waals surface area contributed by atoms with E-state index in [0.717, 1.165) is 11.1 Å². The predicted molar refractivity (Wildman–Crippen MR) is 81.2 cm³/mol. The SMILES string of the molecule is Nc1cccc(-c2cnn(-c3ncc(Cl)cc3Cl)c2)c1. The average molecular weight is 305 g/mol. The van der Waals surface area contributed by atoms with Crippen LogP contribution in [0.15, 0.2) is 48.9 Å². The summed E-state index contributed by atoms with van der Waals surface area (Å²) in [5.74, 6) is 0.534. The smallest absolute Gasteiger partial charge is 0.172 e. The highest BCUT2D eigenvalue weighted by Crippen LogP contribution is 2.25. The van der Waals surface area contributed by atoms with Gasteiger partial charge in [-0.05, 0) is 23.8 Å². The molecule has 0 unspecified atom stereocenters. The molecule has 6 heteroatoms. The van der Waals surface area contributed by atoms with Gasteiger partial charge in [-0.25, -0.2) is 9.67 Å². The number of pyridine rings is 1. The van der Waals surface area contributed by atoms with Crippen LogP contribution in [0.25, 0.3) is 16.9 Å². The maximum absolute atomic E-state index is 6.12. The first kappa shape index (κ1) is 13.0. The molecule has 4 nitrogen and oxygen atoms in total. The quantitative estimate of drug-likeness (QED) is 0.732. The van der Waals surface area contributed by atoms with Gasteiger partial charge in [-0.1, -0.05) is 35.3 Å². The molecule has 1 aromatic carbocycles. The van der Waals surface area contributed by atoms with Crippen molar-refractivity contribution >= 4 is 28.9 Å². The molecule has 0 radical (unpaired) electrons. The van der Waals surface area contributed by atoms with Gasteiger partial charge in [0.15, 0.2) is 5.82 Å². The van der Waals surface area contributed by atoms with Crippen molar-refractivity contribution in [2.24, 2.45) is 0 Å². The molecule has 0 amide bonds. The molecule has 2 N–H and O–H groups in total. The Labute approximate surface area is 125 Å². The van der Waals surface area contributed by atoms with E-state index in [-0.39, 0.29) is 0 Å². The fourth-order valence-electron chi connectivity index (χ4n) is 1.88. The van der Waals surface area contributed by atoms with Crippen LogP contribution < -0.4 is 5.73 Å². The van der Waals surface area contributed by atoms with Crippen LogP contribution in [0.5, 0.6) is 0 Å². The molecule has 3 rings (SSSR count). The lowest BCUT2D eigenvalue weighted by Crippen LogP contribution is -1.98. The molecule has 100 valence electrons. The van der Waals surface area contributed by atoms with E-state index in [4.69, 9.17) is 28.9 Å². The summed E-state index contributed by atoms with van der Waals surface area (Å²) in [6.45, 7) is 0. The molecule has 0 aliphatic heterocycles. The predicted octanol–water partition coefficient (Wildman–Crippen LogP) is 3.82. The minimum absolute atomic E-state index is 0.444. The maximum atomic E-state index is 6.12. The number of nitrogens with two attached hydrogens (primary N) is 1. The van der Waals surface area contributed by atoms with Crippen LogP contribution >= 0.6 is 23.2 Å². The van der Waals surface area contributed by atoms with Crippen molar-refractivity contribution < 1.29 is 0 Å². The standard InChI is InChI=1S/C14H10Cl2N4/c15-11-5-13(16)14(18-7-11)20-8-10(6-19-20)9-2-1-3-12(17)4-9/h1-8H,17H2. The van der Waals surface area contributed by atoms with Gasteiger partial charge in [-0.2, -0.15) is 5.10 Å². The van der Waals surface area contributed by atoms with Crippen molar-refractivity contribution in [3.8, 4) is 16.9 Å². The van der Waals surface area contributed by atoms with E-state index in [1.54, 1.807) is 16.9 Å². The van der Waals surface area contributed by atoms with Crippen molar-refractivity contribution in [2.75, 3.05) is 5.73 Å². The molecule has 0 aliphatic rings. The van der Waals surface area contributed by atoms with Gasteiger partial charge in [0.2, 0.25) is 0 Å². The van der Waals surface area contributed by atoms with Gasteiger partial charge in [0, 0.05) is 23.6 Å². The first-order chi connectivity index (χ1) is 9.63. The minimum Gasteiger partial charge on any atom is -0.399 e. The lowest BCUT2D eigenvalue weighted by Gasteiger charge is -2.03. The van der Waals surface area contributed by atoms with Gasteiger partial charge < -0.3 is 5.73 Å². The third-order valence-electron chi connectivity index (χ3n) is 2.81. The Morgan fingerprint density at radius 1 is 1.05 bits per heavy atom. The summed E-state index contributed by atoms with van der Waals surface area (Å²) in [4.78, 5) is 4.18. The summed E-state index contributed by atoms with van der Waals surface area (Å²) in [5.41, 5.74) is 8.41. The van der Waals surface area contributed by atoms with Crippen LogP contribution in [-0.4, -0.2) is 14.8 Å². The summed E-state index contributed by atoms with van der Waals surface area (Å²) in [6, 6.07) is 9.22. The van der Waals surface area contributed by atoms with Crippen LogP contribution in [0, 0.1) is 0 Å². The van der Waals surface area contributed by atoms with Crippen LogP contribution in [0.1, 0.15) is 0 Å². The molecular weight excluding hydrogens is 295 g/mol. The highest BCUT2D eigenvalue weighted by atomic mass is 35.5. The fraction of sp³-hybridized carbons (Fsp3) is 0. The number of hydrogen-bond acceptors (Lipinski definition) is 3. The molecule has 2 aromatic heterocycles. The summed E-state index contributed by atoms with van der Waals surface area (Å²) in [5, 5.41) is 5.20.